The zero-order valence-corrected chi connectivity index (χ0v) is 16.5. The van der Waals surface area contributed by atoms with Gasteiger partial charge in [0.15, 0.2) is 5.78 Å². The lowest BCUT2D eigenvalue weighted by molar-refractivity contribution is -0.143. The predicted molar refractivity (Wildman–Crippen MR) is 102 cm³/mol. The average Bonchev–Trinajstić information content (AvgIpc) is 2.67. The summed E-state index contributed by atoms with van der Waals surface area (Å²) in [6.07, 6.45) is -0.659. The maximum absolute atomic E-state index is 12.2. The van der Waals surface area contributed by atoms with Crippen LogP contribution in [-0.2, 0) is 30.5 Å². The van der Waals surface area contributed by atoms with Gasteiger partial charge in [0, 0.05) is 18.9 Å². The molecule has 1 aromatic rings. The molecule has 0 aliphatic heterocycles. The number of alkyl carbamates (subject to hydrolysis) is 1. The first-order valence-corrected chi connectivity index (χ1v) is 9.26. The standard InChI is InChI=1S/C20H28N2O6/c1-4-27-18(24)10-11-21-19(25)14(2)12-17(23)15(3)22-20(26)28-13-16-8-6-5-7-9-16/h5-9,14-15H,4,10-13H2,1-3H3,(H,21,25)(H,22,26)/t14-,15+/m1/s1. The Morgan fingerprint density at radius 1 is 1.04 bits per heavy atom. The van der Waals surface area contributed by atoms with Crippen LogP contribution in [0.4, 0.5) is 4.79 Å². The molecule has 0 spiro atoms. The number of hydrogen-bond acceptors (Lipinski definition) is 6. The quantitative estimate of drug-likeness (QED) is 0.557. The number of ether oxygens (including phenoxy) is 2. The molecule has 0 unspecified atom stereocenters. The van der Waals surface area contributed by atoms with E-state index in [1.807, 2.05) is 30.3 Å². The first kappa shape index (κ1) is 23.1. The van der Waals surface area contributed by atoms with E-state index in [-0.39, 0.29) is 44.3 Å². The Balaban J connectivity index is 2.30. The minimum Gasteiger partial charge on any atom is -0.466 e. The van der Waals surface area contributed by atoms with Gasteiger partial charge in [-0.05, 0) is 19.4 Å². The maximum atomic E-state index is 12.2. The Morgan fingerprint density at radius 2 is 1.71 bits per heavy atom. The summed E-state index contributed by atoms with van der Waals surface area (Å²) < 4.78 is 9.84. The molecule has 8 nitrogen and oxygen atoms in total. The van der Waals surface area contributed by atoms with Crippen LogP contribution in [0.15, 0.2) is 30.3 Å². The van der Waals surface area contributed by atoms with Crippen LogP contribution in [0.2, 0.25) is 0 Å². The summed E-state index contributed by atoms with van der Waals surface area (Å²) >= 11 is 0. The molecule has 0 saturated carbocycles. The zero-order chi connectivity index (χ0) is 20.9. The lowest BCUT2D eigenvalue weighted by Crippen LogP contribution is -2.41. The molecule has 0 heterocycles. The fourth-order valence-corrected chi connectivity index (χ4v) is 2.29. The van der Waals surface area contributed by atoms with Crippen molar-refractivity contribution in [3.05, 3.63) is 35.9 Å². The molecule has 1 rings (SSSR count). The average molecular weight is 392 g/mol. The second-order valence-corrected chi connectivity index (χ2v) is 6.35. The summed E-state index contributed by atoms with van der Waals surface area (Å²) in [5, 5.41) is 5.05. The van der Waals surface area contributed by atoms with Crippen molar-refractivity contribution in [3.8, 4) is 0 Å². The number of ketones is 1. The van der Waals surface area contributed by atoms with Crippen molar-refractivity contribution in [2.75, 3.05) is 13.2 Å². The van der Waals surface area contributed by atoms with E-state index in [0.29, 0.717) is 0 Å². The van der Waals surface area contributed by atoms with Crippen molar-refractivity contribution in [1.82, 2.24) is 10.6 Å². The summed E-state index contributed by atoms with van der Waals surface area (Å²) in [4.78, 5) is 47.2. The highest BCUT2D eigenvalue weighted by molar-refractivity contribution is 5.91. The van der Waals surface area contributed by atoms with Crippen molar-refractivity contribution >= 4 is 23.8 Å². The lowest BCUT2D eigenvalue weighted by Gasteiger charge is -2.16. The molecule has 2 atom stereocenters. The van der Waals surface area contributed by atoms with Crippen LogP contribution in [0.25, 0.3) is 0 Å². The van der Waals surface area contributed by atoms with Gasteiger partial charge in [-0.15, -0.1) is 0 Å². The number of nitrogens with one attached hydrogen (secondary N) is 2. The largest absolute Gasteiger partial charge is 0.466 e. The smallest absolute Gasteiger partial charge is 0.408 e. The van der Waals surface area contributed by atoms with Crippen LogP contribution < -0.4 is 10.6 Å². The number of amides is 2. The topological polar surface area (TPSA) is 111 Å². The van der Waals surface area contributed by atoms with E-state index < -0.39 is 24.0 Å². The SMILES string of the molecule is CCOC(=O)CCNC(=O)[C@H](C)CC(=O)[C@H](C)NC(=O)OCc1ccccc1. The van der Waals surface area contributed by atoms with Gasteiger partial charge >= 0.3 is 12.1 Å². The van der Waals surface area contributed by atoms with E-state index in [1.54, 1.807) is 13.8 Å². The molecule has 28 heavy (non-hydrogen) atoms. The highest BCUT2D eigenvalue weighted by Crippen LogP contribution is 2.06. The number of carbonyl (C=O) groups is 4. The summed E-state index contributed by atoms with van der Waals surface area (Å²) in [6, 6.07) is 8.40. The van der Waals surface area contributed by atoms with E-state index in [2.05, 4.69) is 10.6 Å². The fraction of sp³-hybridized carbons (Fsp3) is 0.500. The molecule has 0 fully saturated rings. The number of rotatable bonds is 11. The molecule has 2 N–H and O–H groups in total. The highest BCUT2D eigenvalue weighted by atomic mass is 16.5. The molecule has 1 aromatic carbocycles. The lowest BCUT2D eigenvalue weighted by atomic mass is 10.00. The Morgan fingerprint density at radius 3 is 2.36 bits per heavy atom. The highest BCUT2D eigenvalue weighted by Gasteiger charge is 2.22. The molecular weight excluding hydrogens is 364 g/mol. The van der Waals surface area contributed by atoms with Gasteiger partial charge in [-0.1, -0.05) is 37.3 Å². The van der Waals surface area contributed by atoms with Gasteiger partial charge in [0.05, 0.1) is 19.1 Å². The van der Waals surface area contributed by atoms with Gasteiger partial charge < -0.3 is 20.1 Å². The molecule has 0 saturated heterocycles. The number of Topliss-reactive ketones (excluding diaryl/α,β-unsaturated/α-hetero) is 1. The van der Waals surface area contributed by atoms with Crippen molar-refractivity contribution in [2.45, 2.75) is 46.3 Å². The van der Waals surface area contributed by atoms with Gasteiger partial charge in [0.1, 0.15) is 6.61 Å². The molecule has 154 valence electrons. The van der Waals surface area contributed by atoms with Crippen LogP contribution in [0.3, 0.4) is 0 Å². The normalized spacial score (nSPS) is 12.4. The van der Waals surface area contributed by atoms with Gasteiger partial charge in [-0.3, -0.25) is 14.4 Å². The molecule has 0 aliphatic carbocycles. The fourth-order valence-electron chi connectivity index (χ4n) is 2.29. The monoisotopic (exact) mass is 392 g/mol. The molecular formula is C20H28N2O6. The van der Waals surface area contributed by atoms with Crippen molar-refractivity contribution in [1.29, 1.82) is 0 Å². The van der Waals surface area contributed by atoms with Crippen LogP contribution in [0.1, 0.15) is 39.2 Å². The Kier molecular flexibility index (Phi) is 10.3. The third-order valence-corrected chi connectivity index (χ3v) is 3.92. The van der Waals surface area contributed by atoms with Gasteiger partial charge in [0.25, 0.3) is 0 Å². The molecule has 0 aliphatic rings. The van der Waals surface area contributed by atoms with Crippen molar-refractivity contribution in [3.63, 3.8) is 0 Å². The number of esters is 1. The van der Waals surface area contributed by atoms with E-state index in [1.165, 1.54) is 6.92 Å². The molecule has 0 bridgehead atoms. The second kappa shape index (κ2) is 12.5. The number of carbonyl (C=O) groups excluding carboxylic acids is 4. The molecule has 0 aromatic heterocycles. The van der Waals surface area contributed by atoms with E-state index in [0.717, 1.165) is 5.56 Å². The van der Waals surface area contributed by atoms with Crippen molar-refractivity contribution < 1.29 is 28.7 Å². The maximum Gasteiger partial charge on any atom is 0.408 e. The second-order valence-electron chi connectivity index (χ2n) is 6.35. The summed E-state index contributed by atoms with van der Waals surface area (Å²) in [7, 11) is 0. The predicted octanol–water partition coefficient (Wildman–Crippen LogP) is 1.97. The Hall–Kier alpha value is -2.90. The molecule has 8 heteroatoms. The zero-order valence-electron chi connectivity index (χ0n) is 16.5. The summed E-state index contributed by atoms with van der Waals surface area (Å²) in [5.41, 5.74) is 0.838. The van der Waals surface area contributed by atoms with Crippen LogP contribution >= 0.6 is 0 Å². The van der Waals surface area contributed by atoms with Crippen LogP contribution in [-0.4, -0.2) is 42.9 Å². The van der Waals surface area contributed by atoms with Gasteiger partial charge in [-0.2, -0.15) is 0 Å². The Labute approximate surface area is 165 Å². The van der Waals surface area contributed by atoms with Gasteiger partial charge in [0.2, 0.25) is 5.91 Å². The third-order valence-electron chi connectivity index (χ3n) is 3.92. The minimum atomic E-state index is -0.780. The third kappa shape index (κ3) is 9.16. The molecule has 0 radical (unpaired) electrons. The van der Waals surface area contributed by atoms with E-state index in [4.69, 9.17) is 9.47 Å². The van der Waals surface area contributed by atoms with Crippen molar-refractivity contribution in [2.24, 2.45) is 5.92 Å². The first-order valence-electron chi connectivity index (χ1n) is 9.26. The Bertz CT molecular complexity index is 662. The van der Waals surface area contributed by atoms with Crippen LogP contribution in [0, 0.1) is 5.92 Å². The molecule has 2 amide bonds. The minimum absolute atomic E-state index is 0.0363. The summed E-state index contributed by atoms with van der Waals surface area (Å²) in [5.74, 6) is -1.60. The number of hydrogen-bond donors (Lipinski definition) is 2. The van der Waals surface area contributed by atoms with E-state index >= 15 is 0 Å². The first-order chi connectivity index (χ1) is 13.3. The number of benzene rings is 1. The van der Waals surface area contributed by atoms with Crippen LogP contribution in [0.5, 0.6) is 0 Å². The summed E-state index contributed by atoms with van der Waals surface area (Å²) in [6.45, 7) is 5.39. The van der Waals surface area contributed by atoms with Gasteiger partial charge in [-0.25, -0.2) is 4.79 Å². The van der Waals surface area contributed by atoms with E-state index in [9.17, 15) is 19.2 Å².